The number of rotatable bonds is 3. The van der Waals surface area contributed by atoms with Gasteiger partial charge in [0.2, 0.25) is 5.91 Å². The molecule has 5 nitrogen and oxygen atoms in total. The minimum Gasteiger partial charge on any atom is -0.398 e. The predicted octanol–water partition coefficient (Wildman–Crippen LogP) is 2.27. The molecule has 2 amide bonds. The summed E-state index contributed by atoms with van der Waals surface area (Å²) in [5.41, 5.74) is 12.4. The van der Waals surface area contributed by atoms with Gasteiger partial charge in [-0.2, -0.15) is 0 Å². The van der Waals surface area contributed by atoms with Gasteiger partial charge < -0.3 is 16.8 Å². The van der Waals surface area contributed by atoms with Gasteiger partial charge in [-0.25, -0.2) is 0 Å². The summed E-state index contributed by atoms with van der Waals surface area (Å²) in [6, 6.07) is 10.9. The Bertz CT molecular complexity index is 669. The van der Waals surface area contributed by atoms with Crippen LogP contribution in [0.2, 0.25) is 5.02 Å². The summed E-state index contributed by atoms with van der Waals surface area (Å²) in [5, 5.41) is 3.13. The van der Waals surface area contributed by atoms with E-state index >= 15 is 0 Å². The third kappa shape index (κ3) is 3.07. The van der Waals surface area contributed by atoms with E-state index in [1.165, 1.54) is 18.2 Å². The third-order valence-corrected chi connectivity index (χ3v) is 2.92. The molecule has 0 fully saturated rings. The average Bonchev–Trinajstić information content (AvgIpc) is 2.39. The van der Waals surface area contributed by atoms with Gasteiger partial charge in [-0.15, -0.1) is 0 Å². The fraction of sp³-hybridized carbons (Fsp3) is 0. The largest absolute Gasteiger partial charge is 0.398 e. The van der Waals surface area contributed by atoms with Crippen molar-refractivity contribution in [3.05, 3.63) is 58.6 Å². The first-order valence-electron chi connectivity index (χ1n) is 5.73. The van der Waals surface area contributed by atoms with Crippen LogP contribution in [-0.2, 0) is 0 Å². The van der Waals surface area contributed by atoms with Crippen LogP contribution in [0.25, 0.3) is 0 Å². The van der Waals surface area contributed by atoms with Crippen molar-refractivity contribution in [2.45, 2.75) is 0 Å². The number of nitrogen functional groups attached to an aromatic ring is 1. The van der Waals surface area contributed by atoms with Crippen molar-refractivity contribution in [3.63, 3.8) is 0 Å². The topological polar surface area (TPSA) is 98.2 Å². The molecular weight excluding hydrogens is 278 g/mol. The van der Waals surface area contributed by atoms with Gasteiger partial charge in [-0.1, -0.05) is 11.6 Å². The second-order valence-corrected chi connectivity index (χ2v) is 4.56. The van der Waals surface area contributed by atoms with Gasteiger partial charge >= 0.3 is 0 Å². The van der Waals surface area contributed by atoms with E-state index in [-0.39, 0.29) is 5.91 Å². The highest BCUT2D eigenvalue weighted by Crippen LogP contribution is 2.19. The van der Waals surface area contributed by atoms with E-state index < -0.39 is 5.91 Å². The van der Waals surface area contributed by atoms with Gasteiger partial charge in [0.15, 0.2) is 0 Å². The molecule has 0 spiro atoms. The first-order chi connectivity index (χ1) is 9.47. The lowest BCUT2D eigenvalue weighted by atomic mass is 10.1. The van der Waals surface area contributed by atoms with E-state index in [1.54, 1.807) is 24.3 Å². The van der Waals surface area contributed by atoms with Crippen LogP contribution in [0.3, 0.4) is 0 Å². The van der Waals surface area contributed by atoms with E-state index in [2.05, 4.69) is 5.32 Å². The first-order valence-corrected chi connectivity index (χ1v) is 6.11. The number of amides is 2. The minimum atomic E-state index is -0.523. The Labute approximate surface area is 120 Å². The molecule has 0 saturated carbocycles. The van der Waals surface area contributed by atoms with E-state index in [9.17, 15) is 9.59 Å². The fourth-order valence-corrected chi connectivity index (χ4v) is 1.84. The van der Waals surface area contributed by atoms with Crippen molar-refractivity contribution >= 4 is 34.8 Å². The SMILES string of the molecule is NC(=O)c1ccc(NC(=O)c2ccc(Cl)cc2N)cc1. The smallest absolute Gasteiger partial charge is 0.257 e. The predicted molar refractivity (Wildman–Crippen MR) is 78.8 cm³/mol. The molecule has 0 saturated heterocycles. The maximum absolute atomic E-state index is 12.0. The van der Waals surface area contributed by atoms with Crippen LogP contribution in [0.5, 0.6) is 0 Å². The number of benzene rings is 2. The number of carbonyl (C=O) groups excluding carboxylic acids is 2. The molecule has 0 radical (unpaired) electrons. The highest BCUT2D eigenvalue weighted by Gasteiger charge is 2.10. The monoisotopic (exact) mass is 289 g/mol. The lowest BCUT2D eigenvalue weighted by molar-refractivity contribution is 0.0998. The summed E-state index contributed by atoms with van der Waals surface area (Å²) >= 11 is 5.77. The van der Waals surface area contributed by atoms with Crippen LogP contribution in [0.4, 0.5) is 11.4 Å². The lowest BCUT2D eigenvalue weighted by Gasteiger charge is -2.08. The molecule has 0 bridgehead atoms. The molecule has 0 atom stereocenters. The zero-order valence-electron chi connectivity index (χ0n) is 10.4. The normalized spacial score (nSPS) is 10.1. The summed E-state index contributed by atoms with van der Waals surface area (Å²) in [6.45, 7) is 0. The molecular formula is C14H12ClN3O2. The van der Waals surface area contributed by atoms with Crippen LogP contribution >= 0.6 is 11.6 Å². The Hall–Kier alpha value is -2.53. The highest BCUT2D eigenvalue weighted by molar-refractivity contribution is 6.31. The van der Waals surface area contributed by atoms with Gasteiger partial charge in [0.25, 0.3) is 5.91 Å². The molecule has 0 aromatic heterocycles. The van der Waals surface area contributed by atoms with E-state index in [0.29, 0.717) is 27.5 Å². The Morgan fingerprint density at radius 1 is 1.05 bits per heavy atom. The number of halogens is 1. The van der Waals surface area contributed by atoms with Crippen LogP contribution in [0.1, 0.15) is 20.7 Å². The van der Waals surface area contributed by atoms with Crippen LogP contribution in [-0.4, -0.2) is 11.8 Å². The lowest BCUT2D eigenvalue weighted by Crippen LogP contribution is -2.14. The second-order valence-electron chi connectivity index (χ2n) is 4.13. The number of primary amides is 1. The van der Waals surface area contributed by atoms with Gasteiger partial charge in [-0.05, 0) is 42.5 Å². The second kappa shape index (κ2) is 5.63. The van der Waals surface area contributed by atoms with Crippen LogP contribution in [0.15, 0.2) is 42.5 Å². The molecule has 20 heavy (non-hydrogen) atoms. The highest BCUT2D eigenvalue weighted by atomic mass is 35.5. The van der Waals surface area contributed by atoms with Crippen molar-refractivity contribution in [1.82, 2.24) is 0 Å². The average molecular weight is 290 g/mol. The number of anilines is 2. The van der Waals surface area contributed by atoms with Crippen molar-refractivity contribution in [3.8, 4) is 0 Å². The Morgan fingerprint density at radius 2 is 1.70 bits per heavy atom. The summed E-state index contributed by atoms with van der Waals surface area (Å²) in [4.78, 5) is 23.0. The molecule has 102 valence electrons. The number of carbonyl (C=O) groups is 2. The Balaban J connectivity index is 2.17. The molecule has 0 unspecified atom stereocenters. The van der Waals surface area contributed by atoms with E-state index in [1.807, 2.05) is 0 Å². The molecule has 5 N–H and O–H groups in total. The number of nitrogens with two attached hydrogens (primary N) is 2. The van der Waals surface area contributed by atoms with Crippen molar-refractivity contribution in [2.24, 2.45) is 5.73 Å². The standard InChI is InChI=1S/C14H12ClN3O2/c15-9-3-6-11(12(16)7-9)14(20)18-10-4-1-8(2-5-10)13(17)19/h1-7H,16H2,(H2,17,19)(H,18,20). The van der Waals surface area contributed by atoms with Crippen molar-refractivity contribution in [1.29, 1.82) is 0 Å². The first kappa shape index (κ1) is 13.9. The molecule has 0 aliphatic heterocycles. The zero-order valence-corrected chi connectivity index (χ0v) is 11.1. The molecule has 0 aliphatic rings. The van der Waals surface area contributed by atoms with Gasteiger partial charge in [0.1, 0.15) is 0 Å². The maximum Gasteiger partial charge on any atom is 0.257 e. The van der Waals surface area contributed by atoms with Crippen LogP contribution < -0.4 is 16.8 Å². The van der Waals surface area contributed by atoms with E-state index in [4.69, 9.17) is 23.1 Å². The number of hydrogen-bond donors (Lipinski definition) is 3. The maximum atomic E-state index is 12.0. The fourth-order valence-electron chi connectivity index (χ4n) is 1.66. The summed E-state index contributed by atoms with van der Waals surface area (Å²) in [6.07, 6.45) is 0. The summed E-state index contributed by atoms with van der Waals surface area (Å²) < 4.78 is 0. The summed E-state index contributed by atoms with van der Waals surface area (Å²) in [7, 11) is 0. The third-order valence-electron chi connectivity index (χ3n) is 2.69. The molecule has 2 rings (SSSR count). The van der Waals surface area contributed by atoms with Gasteiger partial charge in [-0.3, -0.25) is 9.59 Å². The molecule has 2 aromatic carbocycles. The Morgan fingerprint density at radius 3 is 2.25 bits per heavy atom. The minimum absolute atomic E-state index is 0.295. The quantitative estimate of drug-likeness (QED) is 0.756. The zero-order chi connectivity index (χ0) is 14.7. The molecule has 2 aromatic rings. The molecule has 0 heterocycles. The van der Waals surface area contributed by atoms with Crippen molar-refractivity contribution < 1.29 is 9.59 Å². The number of hydrogen-bond acceptors (Lipinski definition) is 3. The van der Waals surface area contributed by atoms with Gasteiger partial charge in [0.05, 0.1) is 5.56 Å². The molecule has 0 aliphatic carbocycles. The summed E-state index contributed by atoms with van der Waals surface area (Å²) in [5.74, 6) is -0.879. The van der Waals surface area contributed by atoms with Crippen LogP contribution in [0, 0.1) is 0 Å². The van der Waals surface area contributed by atoms with Gasteiger partial charge in [0, 0.05) is 22.0 Å². The Kier molecular flexibility index (Phi) is 3.91. The number of nitrogens with one attached hydrogen (secondary N) is 1. The molecule has 6 heteroatoms. The van der Waals surface area contributed by atoms with Crippen molar-refractivity contribution in [2.75, 3.05) is 11.1 Å². The van der Waals surface area contributed by atoms with E-state index in [0.717, 1.165) is 0 Å².